The number of ether oxygens (including phenoxy) is 3. The molecule has 3 aromatic rings. The van der Waals surface area contributed by atoms with E-state index in [4.69, 9.17) is 14.2 Å². The van der Waals surface area contributed by atoms with Gasteiger partial charge in [-0.3, -0.25) is 9.69 Å². The van der Waals surface area contributed by atoms with E-state index in [1.165, 1.54) is 6.08 Å². The molecule has 5 rings (SSSR count). The quantitative estimate of drug-likeness (QED) is 0.407. The number of rotatable bonds is 9. The molecule has 0 bridgehead atoms. The van der Waals surface area contributed by atoms with Crippen LogP contribution in [-0.2, 0) is 25.6 Å². The van der Waals surface area contributed by atoms with Gasteiger partial charge in [0, 0.05) is 6.61 Å². The van der Waals surface area contributed by atoms with Crippen molar-refractivity contribution in [3.8, 4) is 0 Å². The van der Waals surface area contributed by atoms with Crippen LogP contribution in [0.5, 0.6) is 0 Å². The summed E-state index contributed by atoms with van der Waals surface area (Å²) in [4.78, 5) is 28.5. The number of hydrogen-bond donors (Lipinski definition) is 0. The van der Waals surface area contributed by atoms with Gasteiger partial charge in [-0.05, 0) is 29.7 Å². The van der Waals surface area contributed by atoms with Crippen LogP contribution in [-0.4, -0.2) is 41.6 Å². The van der Waals surface area contributed by atoms with Crippen LogP contribution >= 0.6 is 0 Å². The predicted octanol–water partition coefficient (Wildman–Crippen LogP) is 5.42. The summed E-state index contributed by atoms with van der Waals surface area (Å²) in [5.41, 5.74) is 1.44. The van der Waals surface area contributed by atoms with Crippen molar-refractivity contribution in [2.45, 2.75) is 37.3 Å². The lowest BCUT2D eigenvalue weighted by Gasteiger charge is -2.40. The summed E-state index contributed by atoms with van der Waals surface area (Å²) in [7, 11) is 0. The van der Waals surface area contributed by atoms with E-state index in [1.54, 1.807) is 11.0 Å². The molecule has 1 amide bonds. The van der Waals surface area contributed by atoms with Crippen molar-refractivity contribution in [2.24, 2.45) is 0 Å². The summed E-state index contributed by atoms with van der Waals surface area (Å²) < 4.78 is 18.2. The van der Waals surface area contributed by atoms with Gasteiger partial charge in [0.2, 0.25) is 0 Å². The van der Waals surface area contributed by atoms with E-state index in [0.717, 1.165) is 16.7 Å². The summed E-state index contributed by atoms with van der Waals surface area (Å²) in [6, 6.07) is 28.1. The molecule has 1 aliphatic carbocycles. The van der Waals surface area contributed by atoms with Crippen LogP contribution in [0.15, 0.2) is 103 Å². The Morgan fingerprint density at radius 3 is 2.11 bits per heavy atom. The van der Waals surface area contributed by atoms with Crippen LogP contribution in [0, 0.1) is 0 Å². The van der Waals surface area contributed by atoms with Crippen LogP contribution < -0.4 is 0 Å². The van der Waals surface area contributed by atoms with Gasteiger partial charge in [0.1, 0.15) is 6.04 Å². The second kappa shape index (κ2) is 10.5. The average molecular weight is 484 g/mol. The van der Waals surface area contributed by atoms with Gasteiger partial charge in [-0.15, -0.1) is 0 Å². The molecule has 6 nitrogen and oxygen atoms in total. The standard InChI is InChI=1S/C30H29NO5/c1-2-35-30(21-34-20-22-12-6-3-7-13-22)25(18-19-26(30)32)31-27(23-14-8-4-9-15-23)28(36-29(31)33)24-16-10-5-11-17-24/h3-19,25,27-28H,2,20-21H2,1H3/t25-,27-,28+,30+/m1/s1. The van der Waals surface area contributed by atoms with Gasteiger partial charge in [0.25, 0.3) is 0 Å². The molecule has 0 spiro atoms. The molecule has 1 saturated heterocycles. The van der Waals surface area contributed by atoms with E-state index in [2.05, 4.69) is 0 Å². The lowest BCUT2D eigenvalue weighted by Crippen LogP contribution is -2.58. The third kappa shape index (κ3) is 4.45. The molecule has 6 heteroatoms. The molecule has 36 heavy (non-hydrogen) atoms. The number of benzene rings is 3. The Morgan fingerprint density at radius 2 is 1.47 bits per heavy atom. The highest BCUT2D eigenvalue weighted by Crippen LogP contribution is 2.47. The van der Waals surface area contributed by atoms with Gasteiger partial charge in [-0.1, -0.05) is 97.1 Å². The smallest absolute Gasteiger partial charge is 0.411 e. The lowest BCUT2D eigenvalue weighted by atomic mass is 9.90. The first kappa shape index (κ1) is 24.0. The summed E-state index contributed by atoms with van der Waals surface area (Å²) in [5, 5.41) is 0. The zero-order valence-electron chi connectivity index (χ0n) is 20.2. The molecule has 2 aliphatic rings. The van der Waals surface area contributed by atoms with Crippen molar-refractivity contribution in [1.82, 2.24) is 4.90 Å². The average Bonchev–Trinajstić information content (AvgIpc) is 3.42. The fraction of sp³-hybridized carbons (Fsp3) is 0.267. The summed E-state index contributed by atoms with van der Waals surface area (Å²) in [6.45, 7) is 2.47. The van der Waals surface area contributed by atoms with Crippen molar-refractivity contribution in [2.75, 3.05) is 13.2 Å². The van der Waals surface area contributed by atoms with Crippen molar-refractivity contribution >= 4 is 11.9 Å². The Bertz CT molecular complexity index is 1210. The topological polar surface area (TPSA) is 65.1 Å². The van der Waals surface area contributed by atoms with E-state index in [9.17, 15) is 9.59 Å². The molecule has 0 saturated carbocycles. The van der Waals surface area contributed by atoms with E-state index in [0.29, 0.717) is 13.2 Å². The molecule has 0 unspecified atom stereocenters. The van der Waals surface area contributed by atoms with Crippen LogP contribution in [0.1, 0.15) is 35.8 Å². The predicted molar refractivity (Wildman–Crippen MR) is 135 cm³/mol. The Hall–Kier alpha value is -3.74. The van der Waals surface area contributed by atoms with Crippen LogP contribution in [0.25, 0.3) is 0 Å². The number of hydrogen-bond acceptors (Lipinski definition) is 5. The van der Waals surface area contributed by atoms with Crippen LogP contribution in [0.2, 0.25) is 0 Å². The Labute approximate surface area is 211 Å². The minimum absolute atomic E-state index is 0.00747. The first-order valence-electron chi connectivity index (χ1n) is 12.2. The number of nitrogens with zero attached hydrogens (tertiary/aromatic N) is 1. The number of carbonyl (C=O) groups excluding carboxylic acids is 2. The summed E-state index contributed by atoms with van der Waals surface area (Å²) in [5.74, 6) is -0.217. The fourth-order valence-corrected chi connectivity index (χ4v) is 5.10. The normalized spacial score (nSPS) is 25.4. The van der Waals surface area contributed by atoms with Gasteiger partial charge in [-0.2, -0.15) is 0 Å². The van der Waals surface area contributed by atoms with Crippen molar-refractivity contribution in [1.29, 1.82) is 0 Å². The molecule has 184 valence electrons. The Morgan fingerprint density at radius 1 is 0.861 bits per heavy atom. The molecule has 0 aromatic heterocycles. The highest BCUT2D eigenvalue weighted by atomic mass is 16.6. The first-order chi connectivity index (χ1) is 17.6. The molecule has 1 aliphatic heterocycles. The van der Waals surface area contributed by atoms with E-state index in [-0.39, 0.29) is 12.4 Å². The molecular formula is C30H29NO5. The second-order valence-electron chi connectivity index (χ2n) is 8.95. The van der Waals surface area contributed by atoms with Gasteiger partial charge in [-0.25, -0.2) is 4.79 Å². The van der Waals surface area contributed by atoms with E-state index in [1.807, 2.05) is 97.9 Å². The van der Waals surface area contributed by atoms with E-state index < -0.39 is 29.9 Å². The highest BCUT2D eigenvalue weighted by molar-refractivity contribution is 6.01. The lowest BCUT2D eigenvalue weighted by molar-refractivity contribution is -0.156. The summed E-state index contributed by atoms with van der Waals surface area (Å²) >= 11 is 0. The van der Waals surface area contributed by atoms with Gasteiger partial charge < -0.3 is 14.2 Å². The third-order valence-corrected chi connectivity index (χ3v) is 6.75. The van der Waals surface area contributed by atoms with Gasteiger partial charge >= 0.3 is 6.09 Å². The Kier molecular flexibility index (Phi) is 6.98. The van der Waals surface area contributed by atoms with Crippen LogP contribution in [0.4, 0.5) is 4.79 Å². The fourth-order valence-electron chi connectivity index (χ4n) is 5.10. The number of carbonyl (C=O) groups is 2. The zero-order chi connectivity index (χ0) is 25.0. The zero-order valence-corrected chi connectivity index (χ0v) is 20.2. The molecular weight excluding hydrogens is 454 g/mol. The number of ketones is 1. The molecule has 1 fully saturated rings. The maximum Gasteiger partial charge on any atom is 0.411 e. The SMILES string of the molecule is CCO[C@]1(COCc2ccccc2)C(=O)C=C[C@H]1N1C(=O)O[C@@H](c2ccccc2)[C@H]1c1ccccc1. The molecule has 0 N–H and O–H groups in total. The highest BCUT2D eigenvalue weighted by Gasteiger charge is 2.57. The minimum Gasteiger partial charge on any atom is -0.439 e. The van der Waals surface area contributed by atoms with Gasteiger partial charge in [0.15, 0.2) is 17.5 Å². The molecule has 0 radical (unpaired) electrons. The van der Waals surface area contributed by atoms with Crippen molar-refractivity contribution in [3.63, 3.8) is 0 Å². The monoisotopic (exact) mass is 483 g/mol. The van der Waals surface area contributed by atoms with Crippen molar-refractivity contribution in [3.05, 3.63) is 120 Å². The first-order valence-corrected chi connectivity index (χ1v) is 12.2. The molecule has 4 atom stereocenters. The van der Waals surface area contributed by atoms with Gasteiger partial charge in [0.05, 0.1) is 19.3 Å². The maximum absolute atomic E-state index is 13.5. The van der Waals surface area contributed by atoms with Crippen molar-refractivity contribution < 1.29 is 23.8 Å². The number of cyclic esters (lactones) is 1. The molecule has 3 aromatic carbocycles. The number of amides is 1. The third-order valence-electron chi connectivity index (χ3n) is 6.75. The van der Waals surface area contributed by atoms with Crippen LogP contribution in [0.3, 0.4) is 0 Å². The second-order valence-corrected chi connectivity index (χ2v) is 8.95. The van der Waals surface area contributed by atoms with E-state index >= 15 is 0 Å². The Balaban J connectivity index is 1.50. The summed E-state index contributed by atoms with van der Waals surface area (Å²) in [6.07, 6.45) is 2.22. The minimum atomic E-state index is -1.36. The maximum atomic E-state index is 13.5. The molecule has 1 heterocycles. The largest absolute Gasteiger partial charge is 0.439 e.